The van der Waals surface area contributed by atoms with E-state index in [1.165, 1.54) is 7.11 Å². The molecule has 1 aromatic carbocycles. The molecule has 6 atom stereocenters. The molecule has 5 rings (SSSR count). The van der Waals surface area contributed by atoms with Gasteiger partial charge in [-0.15, -0.1) is 0 Å². The molecular weight excluding hydrogens is 558 g/mol. The van der Waals surface area contributed by atoms with Gasteiger partial charge in [-0.3, -0.25) is 14.4 Å². The minimum Gasteiger partial charge on any atom is -0.493 e. The highest BCUT2D eigenvalue weighted by Crippen LogP contribution is 2.65. The van der Waals surface area contributed by atoms with Crippen LogP contribution in [0, 0.1) is 0 Å². The number of rotatable bonds is 10. The lowest BCUT2D eigenvalue weighted by molar-refractivity contribution is -0.181. The third kappa shape index (κ3) is 4.54. The monoisotopic (exact) mass is 589 g/mol. The van der Waals surface area contributed by atoms with Crippen LogP contribution in [0.4, 0.5) is 0 Å². The molecule has 4 aliphatic rings. The molecule has 14 heteroatoms. The van der Waals surface area contributed by atoms with Crippen molar-refractivity contribution in [1.29, 1.82) is 0 Å². The molecule has 14 nitrogen and oxygen atoms in total. The van der Waals surface area contributed by atoms with E-state index in [1.807, 2.05) is 13.1 Å². The summed E-state index contributed by atoms with van der Waals surface area (Å²) in [5, 5.41) is 30.3. The SMILES string of the molecule is COc1ccc2c3c1O[C@@H]1C(OC(=O)C[C@H](OC(C)=O)C(=O)O[C@H](CC(=O)O)C(=O)O)=CC[C@]4(O)[C@H](C2)N(C)CC[C@@]314. The fourth-order valence-electron chi connectivity index (χ4n) is 6.84. The van der Waals surface area contributed by atoms with Crippen LogP contribution in [0.3, 0.4) is 0 Å². The van der Waals surface area contributed by atoms with Crippen LogP contribution in [-0.4, -0.2) is 101 Å². The molecule has 1 saturated heterocycles. The smallest absolute Gasteiger partial charge is 0.348 e. The fraction of sp³-hybridized carbons (Fsp3) is 0.536. The molecular formula is C28H31NO13. The van der Waals surface area contributed by atoms with Gasteiger partial charge in [-0.1, -0.05) is 6.07 Å². The van der Waals surface area contributed by atoms with Crippen LogP contribution in [0.15, 0.2) is 24.0 Å². The lowest BCUT2D eigenvalue weighted by Crippen LogP contribution is -2.74. The summed E-state index contributed by atoms with van der Waals surface area (Å²) < 4.78 is 27.3. The number of hydrogen-bond donors (Lipinski definition) is 3. The van der Waals surface area contributed by atoms with Crippen molar-refractivity contribution in [2.24, 2.45) is 0 Å². The Bertz CT molecular complexity index is 1390. The molecule has 1 fully saturated rings. The highest BCUT2D eigenvalue weighted by Gasteiger charge is 2.72. The third-order valence-corrected chi connectivity index (χ3v) is 8.61. The maximum absolute atomic E-state index is 13.1. The first kappa shape index (κ1) is 29.3. The van der Waals surface area contributed by atoms with E-state index in [-0.39, 0.29) is 18.2 Å². The Hall–Kier alpha value is -4.17. The van der Waals surface area contributed by atoms with E-state index in [2.05, 4.69) is 4.90 Å². The summed E-state index contributed by atoms with van der Waals surface area (Å²) in [6.07, 6.45) is -3.98. The van der Waals surface area contributed by atoms with E-state index in [1.54, 1.807) is 12.1 Å². The van der Waals surface area contributed by atoms with Crippen LogP contribution in [0.5, 0.6) is 11.5 Å². The number of carbonyl (C=O) groups excluding carboxylic acids is 3. The number of benzene rings is 1. The molecule has 226 valence electrons. The number of piperidine rings is 1. The number of ether oxygens (including phenoxy) is 5. The van der Waals surface area contributed by atoms with Gasteiger partial charge in [0.2, 0.25) is 12.2 Å². The molecule has 0 aromatic heterocycles. The highest BCUT2D eigenvalue weighted by atomic mass is 16.6. The number of carboxylic acids is 2. The van der Waals surface area contributed by atoms with E-state index < -0.39 is 72.0 Å². The van der Waals surface area contributed by atoms with Gasteiger partial charge in [0.05, 0.1) is 31.0 Å². The van der Waals surface area contributed by atoms with Crippen LogP contribution < -0.4 is 9.47 Å². The van der Waals surface area contributed by atoms with Gasteiger partial charge in [0, 0.05) is 24.9 Å². The second-order valence-corrected chi connectivity index (χ2v) is 10.9. The van der Waals surface area contributed by atoms with Crippen LogP contribution in [0.2, 0.25) is 0 Å². The number of likely N-dealkylation sites (N-methyl/N-ethyl adjacent to an activating group) is 1. The Morgan fingerprint density at radius 3 is 2.50 bits per heavy atom. The summed E-state index contributed by atoms with van der Waals surface area (Å²) in [4.78, 5) is 61.8. The lowest BCUT2D eigenvalue weighted by atomic mass is 9.50. The molecule has 2 aliphatic heterocycles. The summed E-state index contributed by atoms with van der Waals surface area (Å²) >= 11 is 0. The molecule has 3 N–H and O–H groups in total. The van der Waals surface area contributed by atoms with E-state index in [9.17, 15) is 34.2 Å². The van der Waals surface area contributed by atoms with E-state index in [0.29, 0.717) is 30.9 Å². The van der Waals surface area contributed by atoms with Gasteiger partial charge in [-0.25, -0.2) is 9.59 Å². The van der Waals surface area contributed by atoms with Crippen molar-refractivity contribution in [3.8, 4) is 11.5 Å². The van der Waals surface area contributed by atoms with Crippen molar-refractivity contribution >= 4 is 29.8 Å². The van der Waals surface area contributed by atoms with Crippen LogP contribution in [0.1, 0.15) is 43.7 Å². The molecule has 42 heavy (non-hydrogen) atoms. The third-order valence-electron chi connectivity index (χ3n) is 8.61. The molecule has 0 radical (unpaired) electrons. The number of hydrogen-bond acceptors (Lipinski definition) is 12. The minimum atomic E-state index is -2.07. The number of carboxylic acid groups (broad SMARTS) is 2. The Kier molecular flexibility index (Phi) is 7.39. The maximum atomic E-state index is 13.1. The Balaban J connectivity index is 1.41. The minimum absolute atomic E-state index is 0.100. The van der Waals surface area contributed by atoms with Crippen LogP contribution in [-0.2, 0) is 50.0 Å². The molecule has 0 amide bonds. The van der Waals surface area contributed by atoms with Gasteiger partial charge in [-0.05, 0) is 44.1 Å². The zero-order chi connectivity index (χ0) is 30.6. The number of esters is 3. The van der Waals surface area contributed by atoms with Gasteiger partial charge >= 0.3 is 29.8 Å². The van der Waals surface area contributed by atoms with Gasteiger partial charge in [-0.2, -0.15) is 0 Å². The molecule has 0 unspecified atom stereocenters. The van der Waals surface area contributed by atoms with Gasteiger partial charge < -0.3 is 43.9 Å². The number of carbonyl (C=O) groups is 5. The molecule has 2 bridgehead atoms. The molecule has 2 heterocycles. The Morgan fingerprint density at radius 2 is 1.86 bits per heavy atom. The van der Waals surface area contributed by atoms with Crippen molar-refractivity contribution < 1.29 is 63.0 Å². The molecule has 2 aliphatic carbocycles. The fourth-order valence-corrected chi connectivity index (χ4v) is 6.84. The quantitative estimate of drug-likeness (QED) is 0.249. The summed E-state index contributed by atoms with van der Waals surface area (Å²) in [7, 11) is 3.46. The zero-order valence-electron chi connectivity index (χ0n) is 23.2. The number of aliphatic hydroxyl groups is 1. The summed E-state index contributed by atoms with van der Waals surface area (Å²) in [6, 6.07) is 3.51. The van der Waals surface area contributed by atoms with Crippen LogP contribution in [0.25, 0.3) is 0 Å². The number of likely N-dealkylation sites (tertiary alicyclic amines) is 1. The highest BCUT2D eigenvalue weighted by molar-refractivity contribution is 5.87. The largest absolute Gasteiger partial charge is 0.493 e. The number of nitrogens with zero attached hydrogens (tertiary/aromatic N) is 1. The molecule has 1 aromatic rings. The van der Waals surface area contributed by atoms with E-state index in [4.69, 9.17) is 28.8 Å². The average Bonchev–Trinajstić information content (AvgIpc) is 3.27. The first-order valence-electron chi connectivity index (χ1n) is 13.3. The van der Waals surface area contributed by atoms with Crippen molar-refractivity contribution in [2.75, 3.05) is 20.7 Å². The predicted molar refractivity (Wildman–Crippen MR) is 138 cm³/mol. The van der Waals surface area contributed by atoms with Crippen molar-refractivity contribution in [1.82, 2.24) is 4.90 Å². The second-order valence-electron chi connectivity index (χ2n) is 10.9. The molecule has 1 spiro atoms. The topological polar surface area (TPSA) is 195 Å². The lowest BCUT2D eigenvalue weighted by Gasteiger charge is -2.61. The molecule has 0 saturated carbocycles. The van der Waals surface area contributed by atoms with Gasteiger partial charge in [0.25, 0.3) is 0 Å². The van der Waals surface area contributed by atoms with Gasteiger partial charge in [0.1, 0.15) is 5.76 Å². The standard InChI is InChI=1S/C28H31NO13/c1-13(30)39-18(26(36)41-17(25(34)35)11-20(31)32)12-21(33)40-16-6-7-28(37)19-10-14-4-5-15(38-3)23-22(14)27(28,24(16)42-23)8-9-29(19)2/h4-6,17-19,24,37H,7-12H2,1-3H3,(H,31,32)(H,34,35)/t17-,18+,19+,24-,27-,28+/m1/s1. The Morgan fingerprint density at radius 1 is 1.12 bits per heavy atom. The van der Waals surface area contributed by atoms with E-state index in [0.717, 1.165) is 18.1 Å². The average molecular weight is 590 g/mol. The zero-order valence-corrected chi connectivity index (χ0v) is 23.2. The maximum Gasteiger partial charge on any atom is 0.348 e. The second kappa shape index (κ2) is 10.6. The predicted octanol–water partition coefficient (Wildman–Crippen LogP) is 0.309. The van der Waals surface area contributed by atoms with Crippen LogP contribution >= 0.6 is 0 Å². The summed E-state index contributed by atoms with van der Waals surface area (Å²) in [5.41, 5.74) is -0.384. The first-order valence-corrected chi connectivity index (χ1v) is 13.3. The number of aliphatic carboxylic acids is 2. The van der Waals surface area contributed by atoms with Gasteiger partial charge in [0.15, 0.2) is 17.6 Å². The van der Waals surface area contributed by atoms with E-state index >= 15 is 0 Å². The normalized spacial score (nSPS) is 28.2. The van der Waals surface area contributed by atoms with Crippen molar-refractivity contribution in [2.45, 2.75) is 74.4 Å². The van der Waals surface area contributed by atoms with Crippen molar-refractivity contribution in [3.05, 3.63) is 35.1 Å². The summed E-state index contributed by atoms with van der Waals surface area (Å²) in [6.45, 7) is 1.61. The first-order chi connectivity index (χ1) is 19.8. The number of methoxy groups -OCH3 is 1. The van der Waals surface area contributed by atoms with Crippen molar-refractivity contribution in [3.63, 3.8) is 0 Å². The summed E-state index contributed by atoms with van der Waals surface area (Å²) in [5.74, 6) is -5.66. The Labute approximate surface area is 239 Å².